The van der Waals surface area contributed by atoms with Gasteiger partial charge in [0.2, 0.25) is 0 Å². The van der Waals surface area contributed by atoms with E-state index in [1.807, 2.05) is 12.4 Å². The van der Waals surface area contributed by atoms with Gasteiger partial charge in [0.05, 0.1) is 11.9 Å². The van der Waals surface area contributed by atoms with Crippen LogP contribution in [0.5, 0.6) is 0 Å². The Balaban J connectivity index is 1.61. The zero-order valence-corrected chi connectivity index (χ0v) is 9.82. The number of anilines is 1. The summed E-state index contributed by atoms with van der Waals surface area (Å²) in [5.74, 6) is 0. The van der Waals surface area contributed by atoms with Crippen molar-refractivity contribution in [3.8, 4) is 0 Å². The summed E-state index contributed by atoms with van der Waals surface area (Å²) in [6, 6.07) is 3.58. The number of aryl methyl sites for hydroxylation is 1. The zero-order valence-electron chi connectivity index (χ0n) is 9.82. The van der Waals surface area contributed by atoms with Gasteiger partial charge in [0.15, 0.2) is 0 Å². The number of pyridine rings is 1. The fourth-order valence-corrected chi connectivity index (χ4v) is 2.51. The van der Waals surface area contributed by atoms with Crippen molar-refractivity contribution in [3.05, 3.63) is 24.0 Å². The molecule has 1 aromatic rings. The highest BCUT2D eigenvalue weighted by atomic mass is 15.2. The second-order valence-corrected chi connectivity index (χ2v) is 5.05. The molecular weight excluding hydrogens is 198 g/mol. The van der Waals surface area contributed by atoms with Gasteiger partial charge in [-0.1, -0.05) is 0 Å². The van der Waals surface area contributed by atoms with Crippen LogP contribution in [0, 0.1) is 6.92 Å². The molecule has 0 bridgehead atoms. The standard InChI is InChI=1S/C13H19N3/c1-10-4-6-14-8-13(10)15-11-5-7-16(9-11)12-2-3-12/h4,6,8,11-12,15H,2-3,5,7,9H2,1H3. The molecule has 3 heteroatoms. The quantitative estimate of drug-likeness (QED) is 0.839. The highest BCUT2D eigenvalue weighted by Gasteiger charge is 2.34. The van der Waals surface area contributed by atoms with Gasteiger partial charge in [-0.15, -0.1) is 0 Å². The Morgan fingerprint density at radius 2 is 2.25 bits per heavy atom. The molecule has 1 aliphatic heterocycles. The summed E-state index contributed by atoms with van der Waals surface area (Å²) in [4.78, 5) is 6.81. The van der Waals surface area contributed by atoms with E-state index in [4.69, 9.17) is 0 Å². The Bertz CT molecular complexity index is 373. The van der Waals surface area contributed by atoms with Gasteiger partial charge in [0.1, 0.15) is 0 Å². The largest absolute Gasteiger partial charge is 0.380 e. The van der Waals surface area contributed by atoms with Gasteiger partial charge in [-0.05, 0) is 37.8 Å². The molecule has 2 aliphatic rings. The van der Waals surface area contributed by atoms with E-state index in [1.54, 1.807) is 0 Å². The molecule has 1 saturated heterocycles. The topological polar surface area (TPSA) is 28.2 Å². The van der Waals surface area contributed by atoms with Crippen molar-refractivity contribution in [2.45, 2.75) is 38.3 Å². The minimum Gasteiger partial charge on any atom is -0.380 e. The first-order valence-electron chi connectivity index (χ1n) is 6.24. The van der Waals surface area contributed by atoms with E-state index in [-0.39, 0.29) is 0 Å². The minimum absolute atomic E-state index is 0.614. The fraction of sp³-hybridized carbons (Fsp3) is 0.615. The third-order valence-electron chi connectivity index (χ3n) is 3.68. The number of likely N-dealkylation sites (tertiary alicyclic amines) is 1. The van der Waals surface area contributed by atoms with Crippen molar-refractivity contribution in [2.24, 2.45) is 0 Å². The lowest BCUT2D eigenvalue weighted by molar-refractivity contribution is 0.326. The summed E-state index contributed by atoms with van der Waals surface area (Å²) >= 11 is 0. The first kappa shape index (κ1) is 10.1. The van der Waals surface area contributed by atoms with Crippen molar-refractivity contribution < 1.29 is 0 Å². The number of hydrogen-bond donors (Lipinski definition) is 1. The maximum Gasteiger partial charge on any atom is 0.0559 e. The number of nitrogens with zero attached hydrogens (tertiary/aromatic N) is 2. The molecule has 2 heterocycles. The molecule has 0 aromatic carbocycles. The lowest BCUT2D eigenvalue weighted by Gasteiger charge is -2.17. The van der Waals surface area contributed by atoms with Crippen molar-refractivity contribution in [1.29, 1.82) is 0 Å². The molecule has 1 saturated carbocycles. The van der Waals surface area contributed by atoms with E-state index in [2.05, 4.69) is 28.2 Å². The van der Waals surface area contributed by atoms with Crippen LogP contribution >= 0.6 is 0 Å². The maximum atomic E-state index is 4.18. The summed E-state index contributed by atoms with van der Waals surface area (Å²) < 4.78 is 0. The van der Waals surface area contributed by atoms with E-state index in [0.717, 1.165) is 6.04 Å². The molecule has 0 amide bonds. The molecule has 16 heavy (non-hydrogen) atoms. The third-order valence-corrected chi connectivity index (χ3v) is 3.68. The molecule has 3 nitrogen and oxygen atoms in total. The van der Waals surface area contributed by atoms with E-state index < -0.39 is 0 Å². The molecule has 0 spiro atoms. The second kappa shape index (κ2) is 4.06. The molecule has 1 atom stereocenters. The van der Waals surface area contributed by atoms with Crippen LogP contribution in [0.4, 0.5) is 5.69 Å². The Morgan fingerprint density at radius 3 is 3.00 bits per heavy atom. The average molecular weight is 217 g/mol. The average Bonchev–Trinajstić information content (AvgIpc) is 3.03. The first-order chi connectivity index (χ1) is 7.83. The molecule has 2 fully saturated rings. The van der Waals surface area contributed by atoms with Crippen LogP contribution < -0.4 is 5.32 Å². The van der Waals surface area contributed by atoms with Crippen LogP contribution in [0.2, 0.25) is 0 Å². The minimum atomic E-state index is 0.614. The van der Waals surface area contributed by atoms with Crippen LogP contribution in [0.1, 0.15) is 24.8 Å². The Labute approximate surface area is 96.9 Å². The molecule has 1 aliphatic carbocycles. The van der Waals surface area contributed by atoms with Gasteiger partial charge in [-0.25, -0.2) is 0 Å². The van der Waals surface area contributed by atoms with E-state index in [0.29, 0.717) is 6.04 Å². The van der Waals surface area contributed by atoms with Crippen LogP contribution in [-0.2, 0) is 0 Å². The lowest BCUT2D eigenvalue weighted by atomic mass is 10.2. The highest BCUT2D eigenvalue weighted by molar-refractivity contribution is 5.48. The zero-order chi connectivity index (χ0) is 11.0. The number of nitrogens with one attached hydrogen (secondary N) is 1. The van der Waals surface area contributed by atoms with Gasteiger partial charge in [0, 0.05) is 31.4 Å². The molecule has 0 radical (unpaired) electrons. The summed E-state index contributed by atoms with van der Waals surface area (Å²) in [6.45, 7) is 4.61. The van der Waals surface area contributed by atoms with Crippen molar-refractivity contribution in [3.63, 3.8) is 0 Å². The SMILES string of the molecule is Cc1ccncc1NC1CCN(C2CC2)C1. The Morgan fingerprint density at radius 1 is 1.38 bits per heavy atom. The van der Waals surface area contributed by atoms with Crippen molar-refractivity contribution in [1.82, 2.24) is 9.88 Å². The van der Waals surface area contributed by atoms with Crippen molar-refractivity contribution in [2.75, 3.05) is 18.4 Å². The Kier molecular flexibility index (Phi) is 2.56. The summed E-state index contributed by atoms with van der Waals surface area (Å²) in [6.07, 6.45) is 7.89. The van der Waals surface area contributed by atoms with Crippen LogP contribution in [0.15, 0.2) is 18.5 Å². The molecule has 3 rings (SSSR count). The van der Waals surface area contributed by atoms with Gasteiger partial charge in [0.25, 0.3) is 0 Å². The van der Waals surface area contributed by atoms with Gasteiger partial charge in [-0.3, -0.25) is 9.88 Å². The van der Waals surface area contributed by atoms with Crippen LogP contribution in [-0.4, -0.2) is 35.1 Å². The molecule has 86 valence electrons. The summed E-state index contributed by atoms with van der Waals surface area (Å²) in [5.41, 5.74) is 2.49. The smallest absolute Gasteiger partial charge is 0.0559 e. The number of aromatic nitrogens is 1. The molecule has 1 N–H and O–H groups in total. The molecular formula is C13H19N3. The maximum absolute atomic E-state index is 4.18. The Hall–Kier alpha value is -1.09. The monoisotopic (exact) mass is 217 g/mol. The van der Waals surface area contributed by atoms with Crippen molar-refractivity contribution >= 4 is 5.69 Å². The van der Waals surface area contributed by atoms with Gasteiger partial charge < -0.3 is 5.32 Å². The third kappa shape index (κ3) is 2.05. The molecule has 1 aromatic heterocycles. The lowest BCUT2D eigenvalue weighted by Crippen LogP contribution is -2.27. The number of rotatable bonds is 3. The normalized spacial score (nSPS) is 25.9. The second-order valence-electron chi connectivity index (χ2n) is 5.05. The first-order valence-corrected chi connectivity index (χ1v) is 6.24. The van der Waals surface area contributed by atoms with Crippen LogP contribution in [0.25, 0.3) is 0 Å². The van der Waals surface area contributed by atoms with Crippen LogP contribution in [0.3, 0.4) is 0 Å². The molecule has 1 unspecified atom stereocenters. The van der Waals surface area contributed by atoms with Gasteiger partial charge >= 0.3 is 0 Å². The predicted molar refractivity (Wildman–Crippen MR) is 65.6 cm³/mol. The summed E-state index contributed by atoms with van der Waals surface area (Å²) in [5, 5.41) is 3.62. The van der Waals surface area contributed by atoms with Gasteiger partial charge in [-0.2, -0.15) is 0 Å². The van der Waals surface area contributed by atoms with E-state index in [1.165, 1.54) is 43.6 Å². The predicted octanol–water partition coefficient (Wildman–Crippen LogP) is 2.04. The fourth-order valence-electron chi connectivity index (χ4n) is 2.51. The number of hydrogen-bond acceptors (Lipinski definition) is 3. The van der Waals surface area contributed by atoms with E-state index >= 15 is 0 Å². The summed E-state index contributed by atoms with van der Waals surface area (Å²) in [7, 11) is 0. The van der Waals surface area contributed by atoms with E-state index in [9.17, 15) is 0 Å². The highest BCUT2D eigenvalue weighted by Crippen LogP contribution is 2.30.